The monoisotopic (exact) mass is 251 g/mol. The van der Waals surface area contributed by atoms with Gasteiger partial charge in [-0.2, -0.15) is 5.10 Å². The zero-order valence-electron chi connectivity index (χ0n) is 9.77. The second-order valence-electron chi connectivity index (χ2n) is 3.68. The summed E-state index contributed by atoms with van der Waals surface area (Å²) in [4.78, 5) is 0. The summed E-state index contributed by atoms with van der Waals surface area (Å²) in [5.41, 5.74) is 8.68. The highest BCUT2D eigenvalue weighted by molar-refractivity contribution is 6.32. The van der Waals surface area contributed by atoms with Crippen LogP contribution in [0.5, 0.6) is 5.75 Å². The Labute approximate surface area is 105 Å². The van der Waals surface area contributed by atoms with Crippen molar-refractivity contribution in [2.24, 2.45) is 12.8 Å². The van der Waals surface area contributed by atoms with Crippen LogP contribution in [0.3, 0.4) is 0 Å². The van der Waals surface area contributed by atoms with Crippen molar-refractivity contribution in [3.05, 3.63) is 35.1 Å². The van der Waals surface area contributed by atoms with Crippen LogP contribution in [-0.4, -0.2) is 16.9 Å². The van der Waals surface area contributed by atoms with Crippen molar-refractivity contribution in [2.45, 2.75) is 6.54 Å². The third-order valence-electron chi connectivity index (χ3n) is 2.72. The summed E-state index contributed by atoms with van der Waals surface area (Å²) >= 11 is 6.10. The third-order valence-corrected chi connectivity index (χ3v) is 3.01. The van der Waals surface area contributed by atoms with E-state index in [1.165, 1.54) is 0 Å². The van der Waals surface area contributed by atoms with E-state index in [2.05, 4.69) is 5.10 Å². The van der Waals surface area contributed by atoms with E-state index < -0.39 is 0 Å². The highest BCUT2D eigenvalue weighted by atomic mass is 35.5. The first kappa shape index (κ1) is 12.0. The molecular formula is C12H14ClN3O. The van der Waals surface area contributed by atoms with Gasteiger partial charge in [-0.25, -0.2) is 0 Å². The molecule has 1 aromatic heterocycles. The molecular weight excluding hydrogens is 238 g/mol. The Morgan fingerprint density at radius 3 is 2.82 bits per heavy atom. The minimum Gasteiger partial charge on any atom is -0.495 e. The molecule has 90 valence electrons. The highest BCUT2D eigenvalue weighted by Crippen LogP contribution is 2.31. The predicted octanol–water partition coefficient (Wildman–Crippen LogP) is 2.21. The predicted molar refractivity (Wildman–Crippen MR) is 68.1 cm³/mol. The Balaban J connectivity index is 2.49. The molecule has 0 fully saturated rings. The number of hydrogen-bond donors (Lipinski definition) is 1. The molecule has 0 atom stereocenters. The second-order valence-corrected chi connectivity index (χ2v) is 4.09. The number of methoxy groups -OCH3 is 1. The molecule has 5 heteroatoms. The molecule has 0 saturated heterocycles. The van der Waals surface area contributed by atoms with Crippen LogP contribution in [0.1, 0.15) is 5.69 Å². The molecule has 2 N–H and O–H groups in total. The Morgan fingerprint density at radius 2 is 2.24 bits per heavy atom. The van der Waals surface area contributed by atoms with Gasteiger partial charge in [0.1, 0.15) is 5.75 Å². The zero-order chi connectivity index (χ0) is 12.4. The molecule has 1 heterocycles. The number of ether oxygens (including phenoxy) is 1. The van der Waals surface area contributed by atoms with Crippen LogP contribution < -0.4 is 10.5 Å². The van der Waals surface area contributed by atoms with Crippen molar-refractivity contribution in [1.82, 2.24) is 9.78 Å². The van der Waals surface area contributed by atoms with Crippen LogP contribution >= 0.6 is 11.6 Å². The summed E-state index contributed by atoms with van der Waals surface area (Å²) in [6, 6.07) is 5.64. The van der Waals surface area contributed by atoms with Crippen molar-refractivity contribution in [2.75, 3.05) is 7.11 Å². The van der Waals surface area contributed by atoms with Gasteiger partial charge in [-0.1, -0.05) is 17.7 Å². The zero-order valence-corrected chi connectivity index (χ0v) is 10.5. The fourth-order valence-corrected chi connectivity index (χ4v) is 2.04. The maximum absolute atomic E-state index is 6.10. The fraction of sp³-hybridized carbons (Fsp3) is 0.250. The molecule has 0 saturated carbocycles. The number of hydrogen-bond acceptors (Lipinski definition) is 3. The number of nitrogens with zero attached hydrogens (tertiary/aromatic N) is 2. The van der Waals surface area contributed by atoms with Gasteiger partial charge in [-0.05, 0) is 17.7 Å². The molecule has 0 bridgehead atoms. The first-order valence-electron chi connectivity index (χ1n) is 5.22. The molecule has 0 aliphatic carbocycles. The lowest BCUT2D eigenvalue weighted by Crippen LogP contribution is -2.05. The van der Waals surface area contributed by atoms with Crippen molar-refractivity contribution >= 4 is 11.6 Å². The van der Waals surface area contributed by atoms with E-state index >= 15 is 0 Å². The van der Waals surface area contributed by atoms with Crippen LogP contribution in [0.15, 0.2) is 24.4 Å². The SMILES string of the molecule is COc1ccc(-c2cnn(C)c2CN)cc1Cl. The molecule has 17 heavy (non-hydrogen) atoms. The first-order chi connectivity index (χ1) is 8.17. The van der Waals surface area contributed by atoms with E-state index in [9.17, 15) is 0 Å². The van der Waals surface area contributed by atoms with Crippen molar-refractivity contribution in [3.63, 3.8) is 0 Å². The van der Waals surface area contributed by atoms with Crippen LogP contribution in [-0.2, 0) is 13.6 Å². The van der Waals surface area contributed by atoms with Crippen LogP contribution in [0.4, 0.5) is 0 Å². The summed E-state index contributed by atoms with van der Waals surface area (Å²) in [5.74, 6) is 0.661. The summed E-state index contributed by atoms with van der Waals surface area (Å²) < 4.78 is 6.89. The molecule has 0 aliphatic rings. The molecule has 0 aliphatic heterocycles. The Kier molecular flexibility index (Phi) is 3.36. The van der Waals surface area contributed by atoms with Gasteiger partial charge in [-0.15, -0.1) is 0 Å². The lowest BCUT2D eigenvalue weighted by molar-refractivity contribution is 0.415. The molecule has 4 nitrogen and oxygen atoms in total. The average molecular weight is 252 g/mol. The molecule has 0 radical (unpaired) electrons. The summed E-state index contributed by atoms with van der Waals surface area (Å²) in [7, 11) is 3.47. The number of nitrogens with two attached hydrogens (primary N) is 1. The maximum Gasteiger partial charge on any atom is 0.137 e. The van der Waals surface area contributed by atoms with Crippen LogP contribution in [0.2, 0.25) is 5.02 Å². The van der Waals surface area contributed by atoms with Crippen molar-refractivity contribution < 1.29 is 4.74 Å². The minimum absolute atomic E-state index is 0.440. The molecule has 0 unspecified atom stereocenters. The van der Waals surface area contributed by atoms with Gasteiger partial charge in [0.05, 0.1) is 24.0 Å². The van der Waals surface area contributed by atoms with Gasteiger partial charge in [0.25, 0.3) is 0 Å². The normalized spacial score (nSPS) is 10.6. The number of aromatic nitrogens is 2. The number of rotatable bonds is 3. The van der Waals surface area contributed by atoms with Crippen molar-refractivity contribution in [1.29, 1.82) is 0 Å². The van der Waals surface area contributed by atoms with Gasteiger partial charge >= 0.3 is 0 Å². The van der Waals surface area contributed by atoms with Gasteiger partial charge in [0, 0.05) is 19.2 Å². The van der Waals surface area contributed by atoms with Gasteiger partial charge in [0.15, 0.2) is 0 Å². The van der Waals surface area contributed by atoms with E-state index in [0.29, 0.717) is 17.3 Å². The van der Waals surface area contributed by atoms with Crippen LogP contribution in [0.25, 0.3) is 11.1 Å². The summed E-state index contributed by atoms with van der Waals surface area (Å²) in [6.45, 7) is 0.440. The quantitative estimate of drug-likeness (QED) is 0.910. The topological polar surface area (TPSA) is 53.1 Å². The number of aryl methyl sites for hydroxylation is 1. The third kappa shape index (κ3) is 2.14. The molecule has 2 aromatic rings. The standard InChI is InChI=1S/C12H14ClN3O/c1-16-11(6-14)9(7-15-16)8-3-4-12(17-2)10(13)5-8/h3-5,7H,6,14H2,1-2H3. The summed E-state index contributed by atoms with van der Waals surface area (Å²) in [6.07, 6.45) is 1.79. The number of halogens is 1. The average Bonchev–Trinajstić information content (AvgIpc) is 2.70. The molecule has 1 aromatic carbocycles. The molecule has 2 rings (SSSR count). The van der Waals surface area contributed by atoms with Crippen molar-refractivity contribution in [3.8, 4) is 16.9 Å². The fourth-order valence-electron chi connectivity index (χ4n) is 1.78. The largest absolute Gasteiger partial charge is 0.495 e. The number of benzene rings is 1. The lowest BCUT2D eigenvalue weighted by atomic mass is 10.1. The molecule has 0 amide bonds. The van der Waals surface area contributed by atoms with Gasteiger partial charge < -0.3 is 10.5 Å². The van der Waals surface area contributed by atoms with E-state index in [1.54, 1.807) is 18.0 Å². The van der Waals surface area contributed by atoms with Crippen LogP contribution in [0, 0.1) is 0 Å². The van der Waals surface area contributed by atoms with E-state index in [4.69, 9.17) is 22.1 Å². The van der Waals surface area contributed by atoms with Gasteiger partial charge in [-0.3, -0.25) is 4.68 Å². The smallest absolute Gasteiger partial charge is 0.137 e. The minimum atomic E-state index is 0.440. The lowest BCUT2D eigenvalue weighted by Gasteiger charge is -2.07. The van der Waals surface area contributed by atoms with E-state index in [0.717, 1.165) is 16.8 Å². The summed E-state index contributed by atoms with van der Waals surface area (Å²) in [5, 5.41) is 4.78. The first-order valence-corrected chi connectivity index (χ1v) is 5.60. The maximum atomic E-state index is 6.10. The second kappa shape index (κ2) is 4.77. The Hall–Kier alpha value is -1.52. The molecule has 0 spiro atoms. The Bertz CT molecular complexity index is 537. The van der Waals surface area contributed by atoms with E-state index in [-0.39, 0.29) is 0 Å². The highest BCUT2D eigenvalue weighted by Gasteiger charge is 2.10. The van der Waals surface area contributed by atoms with Gasteiger partial charge in [0.2, 0.25) is 0 Å². The Morgan fingerprint density at radius 1 is 1.47 bits per heavy atom. The van der Waals surface area contributed by atoms with E-state index in [1.807, 2.05) is 25.2 Å².